The van der Waals surface area contributed by atoms with Crippen molar-refractivity contribution in [1.29, 1.82) is 0 Å². The summed E-state index contributed by atoms with van der Waals surface area (Å²) in [7, 11) is 4.04. The third-order valence-corrected chi connectivity index (χ3v) is 9.34. The van der Waals surface area contributed by atoms with Crippen LogP contribution in [0.4, 0.5) is 0 Å². The van der Waals surface area contributed by atoms with Crippen LogP contribution in [-0.4, -0.2) is 91.2 Å². The minimum absolute atomic E-state index is 0.0344. The van der Waals surface area contributed by atoms with Crippen LogP contribution in [-0.2, 0) is 4.79 Å². The molecule has 0 bridgehead atoms. The van der Waals surface area contributed by atoms with Crippen LogP contribution in [0.2, 0.25) is 0 Å². The molecule has 0 aromatic heterocycles. The van der Waals surface area contributed by atoms with Crippen molar-refractivity contribution < 1.29 is 4.79 Å². The van der Waals surface area contributed by atoms with Gasteiger partial charge in [0.2, 0.25) is 5.91 Å². The molecule has 2 aromatic rings. The molecule has 3 N–H and O–H groups in total. The fraction of sp³-hybridized carbons (Fsp3) is 0.457. The predicted octanol–water partition coefficient (Wildman–Crippen LogP) is 3.68. The highest BCUT2D eigenvalue weighted by Crippen LogP contribution is 2.48. The lowest BCUT2D eigenvalue weighted by atomic mass is 9.93. The van der Waals surface area contributed by atoms with E-state index in [-0.39, 0.29) is 23.8 Å². The van der Waals surface area contributed by atoms with Gasteiger partial charge in [-0.1, -0.05) is 71.8 Å². The van der Waals surface area contributed by atoms with E-state index in [2.05, 4.69) is 101 Å². The number of amidine groups is 2. The topological polar surface area (TPSA) is 89.6 Å². The number of piperazine rings is 1. The summed E-state index contributed by atoms with van der Waals surface area (Å²) in [5.74, 6) is 1.46. The lowest BCUT2D eigenvalue weighted by Crippen LogP contribution is -2.51. The maximum absolute atomic E-state index is 12.6. The molecule has 1 saturated heterocycles. The molecule has 2 fully saturated rings. The SMILES string of the molecule is Cc1ccc(C(c2ccc(C)cc2)N2CCN(CC3=NC(=NC4(C(N)=O)CC4CN(C)C)C4CC=CC=C4N3)CC2)cc1. The van der Waals surface area contributed by atoms with Crippen LogP contribution >= 0.6 is 0 Å². The van der Waals surface area contributed by atoms with Crippen molar-refractivity contribution in [2.24, 2.45) is 27.6 Å². The number of fused-ring (bicyclic) bond motifs is 1. The molecule has 4 aliphatic rings. The summed E-state index contributed by atoms with van der Waals surface area (Å²) in [5.41, 5.74) is 11.4. The van der Waals surface area contributed by atoms with Crippen LogP contribution in [0.25, 0.3) is 0 Å². The van der Waals surface area contributed by atoms with Crippen molar-refractivity contribution in [2.45, 2.75) is 38.3 Å². The average Bonchev–Trinajstić information content (AvgIpc) is 3.68. The van der Waals surface area contributed by atoms with E-state index in [1.807, 2.05) is 14.1 Å². The van der Waals surface area contributed by atoms with Crippen LogP contribution in [0, 0.1) is 25.7 Å². The zero-order valence-electron chi connectivity index (χ0n) is 26.0. The Kier molecular flexibility index (Phi) is 8.36. The van der Waals surface area contributed by atoms with Crippen molar-refractivity contribution in [1.82, 2.24) is 20.0 Å². The van der Waals surface area contributed by atoms with E-state index in [1.54, 1.807) is 0 Å². The molecule has 1 amide bonds. The Balaban J connectivity index is 1.19. The summed E-state index contributed by atoms with van der Waals surface area (Å²) in [6.45, 7) is 9.61. The van der Waals surface area contributed by atoms with Gasteiger partial charge in [-0.15, -0.1) is 0 Å². The standard InChI is InChI=1S/C35H45N7O/c1-24-9-13-26(14-10-24)32(27-15-11-25(2)12-16-27)42-19-17-41(18-20-42)23-31-37-30-8-6-5-7-29(30)33(38-31)39-35(34(36)43)21-28(35)22-40(3)4/h5-6,8-16,28-29,32H,7,17-23H2,1-4H3,(H2,36,43)(H,37,38,39). The fourth-order valence-electron chi connectivity index (χ4n) is 6.77. The number of hydrogen-bond acceptors (Lipinski definition) is 6. The lowest BCUT2D eigenvalue weighted by molar-refractivity contribution is -0.120. The number of carbonyl (C=O) groups excluding carboxylic acids is 1. The second-order valence-corrected chi connectivity index (χ2v) is 13.0. The number of hydrogen-bond donors (Lipinski definition) is 2. The quantitative estimate of drug-likeness (QED) is 0.473. The Bertz CT molecular complexity index is 1400. The van der Waals surface area contributed by atoms with Crippen molar-refractivity contribution in [3.05, 3.63) is 94.7 Å². The number of rotatable bonds is 9. The molecule has 1 saturated carbocycles. The second-order valence-electron chi connectivity index (χ2n) is 13.0. The molecule has 43 heavy (non-hydrogen) atoms. The molecule has 226 valence electrons. The normalized spacial score (nSPS) is 26.7. The first-order valence-electron chi connectivity index (χ1n) is 15.6. The van der Waals surface area contributed by atoms with E-state index in [9.17, 15) is 4.79 Å². The van der Waals surface area contributed by atoms with E-state index < -0.39 is 5.54 Å². The molecular weight excluding hydrogens is 534 g/mol. The first-order valence-corrected chi connectivity index (χ1v) is 15.6. The number of nitrogens with one attached hydrogen (secondary N) is 1. The maximum Gasteiger partial charge on any atom is 0.245 e. The largest absolute Gasteiger partial charge is 0.368 e. The number of nitrogens with zero attached hydrogens (tertiary/aromatic N) is 5. The van der Waals surface area contributed by atoms with Gasteiger partial charge in [0, 0.05) is 44.3 Å². The third kappa shape index (κ3) is 6.37. The van der Waals surface area contributed by atoms with Crippen LogP contribution in [0.3, 0.4) is 0 Å². The number of aryl methyl sites for hydroxylation is 2. The summed E-state index contributed by atoms with van der Waals surface area (Å²) in [6.07, 6.45) is 7.86. The molecule has 2 aliphatic carbocycles. The molecule has 8 heteroatoms. The van der Waals surface area contributed by atoms with Gasteiger partial charge in [-0.25, -0.2) is 4.99 Å². The summed E-state index contributed by atoms with van der Waals surface area (Å²) in [5, 5.41) is 3.61. The zero-order valence-corrected chi connectivity index (χ0v) is 26.0. The van der Waals surface area contributed by atoms with Gasteiger partial charge in [-0.3, -0.25) is 19.6 Å². The van der Waals surface area contributed by atoms with E-state index in [4.69, 9.17) is 15.7 Å². The molecule has 8 nitrogen and oxygen atoms in total. The number of benzene rings is 2. The highest BCUT2D eigenvalue weighted by Gasteiger charge is 2.60. The first kappa shape index (κ1) is 29.5. The Morgan fingerprint density at radius 2 is 1.67 bits per heavy atom. The molecule has 2 heterocycles. The molecule has 3 atom stereocenters. The second kappa shape index (κ2) is 12.2. The highest BCUT2D eigenvalue weighted by molar-refractivity contribution is 6.05. The Hall–Kier alpha value is -3.59. The van der Waals surface area contributed by atoms with Crippen LogP contribution in [0.5, 0.6) is 0 Å². The Morgan fingerprint density at radius 3 is 2.26 bits per heavy atom. The smallest absolute Gasteiger partial charge is 0.245 e. The van der Waals surface area contributed by atoms with E-state index >= 15 is 0 Å². The predicted molar refractivity (Wildman–Crippen MR) is 174 cm³/mol. The summed E-state index contributed by atoms with van der Waals surface area (Å²) >= 11 is 0. The van der Waals surface area contributed by atoms with E-state index in [0.717, 1.165) is 56.5 Å². The Labute approximate surface area is 256 Å². The molecule has 6 rings (SSSR count). The van der Waals surface area contributed by atoms with Crippen LogP contribution < -0.4 is 11.1 Å². The van der Waals surface area contributed by atoms with Gasteiger partial charge >= 0.3 is 0 Å². The van der Waals surface area contributed by atoms with E-state index in [0.29, 0.717) is 13.0 Å². The highest BCUT2D eigenvalue weighted by atomic mass is 16.1. The first-order chi connectivity index (χ1) is 20.7. The van der Waals surface area contributed by atoms with Gasteiger partial charge < -0.3 is 16.0 Å². The fourth-order valence-corrected chi connectivity index (χ4v) is 6.77. The number of primary amides is 1. The van der Waals surface area contributed by atoms with Gasteiger partial charge in [0.25, 0.3) is 0 Å². The third-order valence-electron chi connectivity index (χ3n) is 9.34. The summed E-state index contributed by atoms with van der Waals surface area (Å²) in [4.78, 5) is 29.9. The zero-order chi connectivity index (χ0) is 30.1. The minimum Gasteiger partial charge on any atom is -0.368 e. The number of allylic oxidation sites excluding steroid dienone is 3. The van der Waals surface area contributed by atoms with Gasteiger partial charge in [0.05, 0.1) is 18.5 Å². The molecule has 0 radical (unpaired) electrons. The maximum atomic E-state index is 12.6. The van der Waals surface area contributed by atoms with Crippen molar-refractivity contribution in [3.63, 3.8) is 0 Å². The van der Waals surface area contributed by atoms with Gasteiger partial charge in [0.15, 0.2) is 0 Å². The monoisotopic (exact) mass is 579 g/mol. The van der Waals surface area contributed by atoms with Gasteiger partial charge in [-0.05, 0) is 58.0 Å². The van der Waals surface area contributed by atoms with Crippen LogP contribution in [0.1, 0.15) is 41.1 Å². The number of carbonyl (C=O) groups is 1. The molecular formula is C35H45N7O. The van der Waals surface area contributed by atoms with Gasteiger partial charge in [-0.2, -0.15) is 0 Å². The molecule has 2 aromatic carbocycles. The number of nitrogens with two attached hydrogens (primary N) is 1. The van der Waals surface area contributed by atoms with E-state index in [1.165, 1.54) is 22.3 Å². The molecule has 3 unspecified atom stereocenters. The van der Waals surface area contributed by atoms with Crippen molar-refractivity contribution in [2.75, 3.05) is 53.4 Å². The summed E-state index contributed by atoms with van der Waals surface area (Å²) < 4.78 is 0. The molecule has 0 spiro atoms. The van der Waals surface area contributed by atoms with Crippen molar-refractivity contribution >= 4 is 17.6 Å². The Morgan fingerprint density at radius 1 is 1.05 bits per heavy atom. The van der Waals surface area contributed by atoms with Crippen molar-refractivity contribution in [3.8, 4) is 0 Å². The average molecular weight is 580 g/mol. The van der Waals surface area contributed by atoms with Crippen LogP contribution in [0.15, 0.2) is 82.4 Å². The molecule has 2 aliphatic heterocycles. The number of amides is 1. The summed E-state index contributed by atoms with van der Waals surface area (Å²) in [6, 6.07) is 18.2. The number of aliphatic imine (C=N–C) groups is 2. The van der Waals surface area contributed by atoms with Gasteiger partial charge in [0.1, 0.15) is 17.2 Å². The minimum atomic E-state index is -0.843. The lowest BCUT2D eigenvalue weighted by Gasteiger charge is -2.40.